The van der Waals surface area contributed by atoms with Gasteiger partial charge in [-0.05, 0) is 72.1 Å². The van der Waals surface area contributed by atoms with Crippen LogP contribution in [0.5, 0.6) is 11.5 Å². The van der Waals surface area contributed by atoms with Crippen LogP contribution in [0.2, 0.25) is 0 Å². The molecular formula is C40H55N2O4P. The van der Waals surface area contributed by atoms with Gasteiger partial charge in [-0.2, -0.15) is 5.26 Å². The highest BCUT2D eigenvalue weighted by atomic mass is 31.2. The van der Waals surface area contributed by atoms with E-state index in [1.165, 1.54) is 19.3 Å². The van der Waals surface area contributed by atoms with E-state index in [1.807, 2.05) is 30.3 Å². The minimum atomic E-state index is -2.66. The highest BCUT2D eigenvalue weighted by Crippen LogP contribution is 2.59. The minimum absolute atomic E-state index is 0.0484. The van der Waals surface area contributed by atoms with Crippen LogP contribution in [0.4, 0.5) is 0 Å². The third kappa shape index (κ3) is 8.32. The van der Waals surface area contributed by atoms with Gasteiger partial charge in [-0.3, -0.25) is 4.67 Å². The number of nitriles is 1. The Morgan fingerprint density at radius 3 is 1.74 bits per heavy atom. The van der Waals surface area contributed by atoms with Crippen molar-refractivity contribution in [3.05, 3.63) is 95.6 Å². The van der Waals surface area contributed by atoms with E-state index in [2.05, 4.69) is 87.0 Å². The first-order valence-corrected chi connectivity index (χ1v) is 19.2. The molecule has 0 heterocycles. The SMILES string of the molecule is COc1ccc(C(OCCC2(CCN(CCC#N)P(=O)(C(C)C)C(C)C)CCCCC2)(c2ccccc2)c2ccc(OC)cc2)cc1. The lowest BCUT2D eigenvalue weighted by Gasteiger charge is -2.43. The highest BCUT2D eigenvalue weighted by Gasteiger charge is 2.41. The minimum Gasteiger partial charge on any atom is -0.497 e. The van der Waals surface area contributed by atoms with E-state index in [0.29, 0.717) is 19.6 Å². The molecule has 0 N–H and O–H groups in total. The molecule has 1 aliphatic rings. The van der Waals surface area contributed by atoms with Crippen molar-refractivity contribution < 1.29 is 18.8 Å². The van der Waals surface area contributed by atoms with Gasteiger partial charge in [0.1, 0.15) is 17.1 Å². The Morgan fingerprint density at radius 1 is 0.766 bits per heavy atom. The molecule has 0 spiro atoms. The molecule has 3 aromatic rings. The first-order chi connectivity index (χ1) is 22.6. The molecule has 3 aromatic carbocycles. The summed E-state index contributed by atoms with van der Waals surface area (Å²) >= 11 is 0. The van der Waals surface area contributed by atoms with E-state index in [-0.39, 0.29) is 16.7 Å². The van der Waals surface area contributed by atoms with Crippen LogP contribution in [0, 0.1) is 16.7 Å². The number of benzene rings is 3. The molecule has 6 nitrogen and oxygen atoms in total. The maximum absolute atomic E-state index is 14.5. The van der Waals surface area contributed by atoms with E-state index in [4.69, 9.17) is 14.2 Å². The molecule has 7 heteroatoms. The number of nitrogens with zero attached hydrogens (tertiary/aromatic N) is 2. The molecule has 0 aliphatic heterocycles. The fourth-order valence-electron chi connectivity index (χ4n) is 7.64. The Labute approximate surface area is 283 Å². The zero-order valence-corrected chi connectivity index (χ0v) is 30.3. The zero-order chi connectivity index (χ0) is 33.9. The van der Waals surface area contributed by atoms with Gasteiger partial charge >= 0.3 is 0 Å². The average Bonchev–Trinajstić information content (AvgIpc) is 3.11. The number of rotatable bonds is 17. The molecule has 0 saturated heterocycles. The second kappa shape index (κ2) is 16.8. The van der Waals surface area contributed by atoms with Crippen LogP contribution in [0.25, 0.3) is 0 Å². The normalized spacial score (nSPS) is 15.1. The van der Waals surface area contributed by atoms with Crippen molar-refractivity contribution in [2.24, 2.45) is 5.41 Å². The van der Waals surface area contributed by atoms with Crippen molar-refractivity contribution in [2.75, 3.05) is 33.9 Å². The third-order valence-electron chi connectivity index (χ3n) is 10.3. The Hall–Kier alpha value is -3.10. The second-order valence-electron chi connectivity index (χ2n) is 13.6. The number of hydrogen-bond acceptors (Lipinski definition) is 5. The molecule has 0 radical (unpaired) electrons. The van der Waals surface area contributed by atoms with Crippen LogP contribution in [0.3, 0.4) is 0 Å². The monoisotopic (exact) mass is 658 g/mol. The largest absolute Gasteiger partial charge is 0.497 e. The van der Waals surface area contributed by atoms with Gasteiger partial charge in [0.05, 0.1) is 20.3 Å². The van der Waals surface area contributed by atoms with Crippen LogP contribution >= 0.6 is 7.29 Å². The predicted molar refractivity (Wildman–Crippen MR) is 193 cm³/mol. The van der Waals surface area contributed by atoms with E-state index in [1.54, 1.807) is 14.2 Å². The van der Waals surface area contributed by atoms with Crippen molar-refractivity contribution in [3.8, 4) is 17.6 Å². The molecule has 1 saturated carbocycles. The van der Waals surface area contributed by atoms with Crippen molar-refractivity contribution in [1.29, 1.82) is 5.26 Å². The van der Waals surface area contributed by atoms with Gasteiger partial charge in [0, 0.05) is 37.4 Å². The summed E-state index contributed by atoms with van der Waals surface area (Å²) < 4.78 is 35.0. The highest BCUT2D eigenvalue weighted by molar-refractivity contribution is 7.62. The molecule has 0 aromatic heterocycles. The van der Waals surface area contributed by atoms with Gasteiger partial charge in [-0.25, -0.2) is 0 Å². The maximum atomic E-state index is 14.5. The molecule has 0 bridgehead atoms. The summed E-state index contributed by atoms with van der Waals surface area (Å²) in [6.45, 7) is 10.2. The standard InChI is InChI=1S/C40H55N2O4P/c1-32(2)47(43,33(3)4)42(29-13-28-41)30-26-39(24-11-8-12-25-39)27-31-46-40(34-14-9-7-10-15-34,35-16-20-37(44-5)21-17-35)36-18-22-38(45-6)23-19-36/h7,9-10,14-23,32-33H,8,11-13,24-27,29-31H2,1-6H3. The van der Waals surface area contributed by atoms with Crippen LogP contribution in [0.1, 0.15) is 95.8 Å². The van der Waals surface area contributed by atoms with E-state index < -0.39 is 12.9 Å². The van der Waals surface area contributed by atoms with E-state index in [0.717, 1.165) is 60.4 Å². The van der Waals surface area contributed by atoms with Crippen molar-refractivity contribution in [3.63, 3.8) is 0 Å². The average molecular weight is 659 g/mol. The fourth-order valence-corrected chi connectivity index (χ4v) is 11.0. The molecule has 1 aliphatic carbocycles. The molecular weight excluding hydrogens is 603 g/mol. The summed E-state index contributed by atoms with van der Waals surface area (Å²) in [5.74, 6) is 1.60. The number of methoxy groups -OCH3 is 2. The van der Waals surface area contributed by atoms with Crippen LogP contribution in [0.15, 0.2) is 78.9 Å². The van der Waals surface area contributed by atoms with Gasteiger partial charge in [0.2, 0.25) is 0 Å². The lowest BCUT2D eigenvalue weighted by atomic mass is 9.69. The fraction of sp³-hybridized carbons (Fsp3) is 0.525. The van der Waals surface area contributed by atoms with Crippen molar-refractivity contribution in [2.45, 2.75) is 96.0 Å². The molecule has 4 rings (SSSR count). The smallest absolute Gasteiger partial charge is 0.155 e. The van der Waals surface area contributed by atoms with Crippen LogP contribution < -0.4 is 9.47 Å². The molecule has 0 amide bonds. The van der Waals surface area contributed by atoms with Gasteiger partial charge < -0.3 is 18.8 Å². The Kier molecular flexibility index (Phi) is 13.2. The maximum Gasteiger partial charge on any atom is 0.155 e. The summed E-state index contributed by atoms with van der Waals surface area (Å²) in [6, 6.07) is 29.2. The Morgan fingerprint density at radius 2 is 1.28 bits per heavy atom. The second-order valence-corrected chi connectivity index (χ2v) is 17.6. The molecule has 0 atom stereocenters. The third-order valence-corrected chi connectivity index (χ3v) is 14.6. The van der Waals surface area contributed by atoms with Crippen LogP contribution in [-0.4, -0.2) is 49.9 Å². The van der Waals surface area contributed by atoms with Crippen molar-refractivity contribution in [1.82, 2.24) is 4.67 Å². The number of hydrogen-bond donors (Lipinski definition) is 0. The zero-order valence-electron chi connectivity index (χ0n) is 29.4. The van der Waals surface area contributed by atoms with Gasteiger partial charge in [-0.15, -0.1) is 0 Å². The Bertz CT molecular complexity index is 1400. The van der Waals surface area contributed by atoms with E-state index >= 15 is 0 Å². The Balaban J connectivity index is 1.69. The van der Waals surface area contributed by atoms with Gasteiger partial charge in [-0.1, -0.05) is 102 Å². The summed E-state index contributed by atoms with van der Waals surface area (Å²) in [4.78, 5) is 0. The van der Waals surface area contributed by atoms with Crippen LogP contribution in [-0.2, 0) is 14.9 Å². The first-order valence-electron chi connectivity index (χ1n) is 17.4. The predicted octanol–water partition coefficient (Wildman–Crippen LogP) is 10.1. The molecule has 47 heavy (non-hydrogen) atoms. The topological polar surface area (TPSA) is 71.8 Å². The summed E-state index contributed by atoms with van der Waals surface area (Å²) in [5.41, 5.74) is 2.46. The number of ether oxygens (including phenoxy) is 3. The summed E-state index contributed by atoms with van der Waals surface area (Å²) in [5, 5.41) is 9.46. The summed E-state index contributed by atoms with van der Waals surface area (Å²) in [6.07, 6.45) is 8.18. The van der Waals surface area contributed by atoms with Gasteiger partial charge in [0.25, 0.3) is 0 Å². The van der Waals surface area contributed by atoms with Gasteiger partial charge in [0.15, 0.2) is 7.29 Å². The summed E-state index contributed by atoms with van der Waals surface area (Å²) in [7, 11) is 0.716. The lowest BCUT2D eigenvalue weighted by molar-refractivity contribution is -0.0138. The van der Waals surface area contributed by atoms with Crippen molar-refractivity contribution >= 4 is 7.29 Å². The van der Waals surface area contributed by atoms with E-state index in [9.17, 15) is 9.83 Å². The molecule has 1 fully saturated rings. The quantitative estimate of drug-likeness (QED) is 0.106. The lowest BCUT2D eigenvalue weighted by Crippen LogP contribution is -2.37. The first kappa shape index (κ1) is 36.7. The molecule has 0 unspecified atom stereocenters. The molecule has 254 valence electrons.